The number of carbonyl (C=O) groups excluding carboxylic acids is 10. The van der Waals surface area contributed by atoms with Crippen molar-refractivity contribution in [3.05, 3.63) is 68.8 Å². The number of ether oxygens (including phenoxy) is 3. The Balaban J connectivity index is -0.000000672. The van der Waals surface area contributed by atoms with Gasteiger partial charge >= 0.3 is 86.9 Å². The van der Waals surface area contributed by atoms with E-state index in [1.807, 2.05) is 0 Å². The molecule has 2 aromatic carbocycles. The van der Waals surface area contributed by atoms with Gasteiger partial charge in [0.1, 0.15) is 29.8 Å². The molecule has 4 rings (SSSR count). The van der Waals surface area contributed by atoms with E-state index in [0.29, 0.717) is 6.61 Å². The number of non-ortho nitro benzene ring substituents is 2. The number of rotatable bonds is 35. The van der Waals surface area contributed by atoms with Crippen molar-refractivity contribution in [2.24, 2.45) is 27.1 Å². The number of carboxylic acids is 2. The third kappa shape index (κ3) is 52.0. The van der Waals surface area contributed by atoms with Crippen molar-refractivity contribution in [3.8, 4) is 11.5 Å². The Kier molecular flexibility index (Phi) is 55.7. The normalized spacial score (nSPS) is 17.9. The molecule has 5 amide bonds. The maximum absolute atomic E-state index is 12.8. The van der Waals surface area contributed by atoms with Crippen molar-refractivity contribution in [2.45, 2.75) is 153 Å². The zero-order valence-electron chi connectivity index (χ0n) is 65.5. The van der Waals surface area contributed by atoms with Crippen LogP contribution in [0.1, 0.15) is 122 Å². The molecule has 660 valence electrons. The van der Waals surface area contributed by atoms with Crippen LogP contribution in [-0.2, 0) is 104 Å². The van der Waals surface area contributed by atoms with E-state index in [-0.39, 0.29) is 172 Å². The maximum atomic E-state index is 12.8. The molecule has 2 saturated heterocycles. The summed E-state index contributed by atoms with van der Waals surface area (Å²) in [6.45, 7) is 20.6. The minimum atomic E-state index is -4.67. The Morgan fingerprint density at radius 1 is 0.526 bits per heavy atom. The number of benzene rings is 2. The molecule has 0 spiro atoms. The van der Waals surface area contributed by atoms with Crippen molar-refractivity contribution in [2.75, 3.05) is 85.6 Å². The van der Waals surface area contributed by atoms with E-state index in [9.17, 15) is 107 Å². The Morgan fingerprint density at radius 3 is 0.957 bits per heavy atom. The van der Waals surface area contributed by atoms with Crippen LogP contribution in [0.15, 0.2) is 48.5 Å². The summed E-state index contributed by atoms with van der Waals surface area (Å²) < 4.78 is 113. The molecule has 0 saturated carbocycles. The van der Waals surface area contributed by atoms with Crippen molar-refractivity contribution in [1.82, 2.24) is 26.6 Å². The molecule has 0 bridgehead atoms. The summed E-state index contributed by atoms with van der Waals surface area (Å²) in [4.78, 5) is 133. The van der Waals surface area contributed by atoms with Crippen LogP contribution in [0.3, 0.4) is 0 Å². The molecule has 2 unspecified atom stereocenters. The summed E-state index contributed by atoms with van der Waals surface area (Å²) in [6, 6.07) is 9.70. The first kappa shape index (κ1) is 116. The summed E-state index contributed by atoms with van der Waals surface area (Å²) in [7, 11) is -13.0. The van der Waals surface area contributed by atoms with Gasteiger partial charge < -0.3 is 100 Å². The Morgan fingerprint density at radius 2 is 0.750 bits per heavy atom. The molecule has 7 atom stereocenters. The minimum Gasteiger partial charge on any atom is -0.550 e. The third-order valence-electron chi connectivity index (χ3n) is 14.3. The SMILES string of the molecule is CC(C)(CO)[C@@H](O)C(=O)NCCC(=O)[O-].CC(C)(CO)[C@@H](O)C(=O)NCCC(=O)[O-].CCOC(=O)CCNC(=O)[C@@H]1OP(=O)(Oc2ccc([N+](=O)[O-])cc2)OCC1(C)C.CCOC(=O)CCNC(=O)[C@@H]1OP(=O)(Oc2ccc([N+](=O)[O-])cc2)OCC1(C)C.CCOC(=O)CCNC(=O)[C@H](O)C(C)(C)CO.O=P(Cl)(Cl)Cl.O=S(=O)(O)O.[Ca+2]. The number of esters is 3. The fourth-order valence-corrected chi connectivity index (χ4v) is 10.9. The van der Waals surface area contributed by atoms with Gasteiger partial charge in [-0.1, -0.05) is 69.2 Å². The van der Waals surface area contributed by atoms with Crippen LogP contribution in [-0.4, -0.2) is 271 Å². The molecule has 53 heteroatoms. The van der Waals surface area contributed by atoms with Crippen LogP contribution in [0.25, 0.3) is 0 Å². The van der Waals surface area contributed by atoms with Crippen molar-refractivity contribution in [3.63, 3.8) is 0 Å². The first-order chi connectivity index (χ1) is 52.6. The number of nitro groups is 2. The van der Waals surface area contributed by atoms with Gasteiger partial charge in [0.05, 0.1) is 82.0 Å². The number of halogens is 3. The molecule has 116 heavy (non-hydrogen) atoms. The quantitative estimate of drug-likeness (QED) is 0.00887. The number of aliphatic hydroxyl groups is 6. The molecule has 2 aliphatic rings. The molecule has 2 aromatic rings. The van der Waals surface area contributed by atoms with Gasteiger partial charge in [-0.3, -0.25) is 90.4 Å². The number of hydrogen-bond acceptors (Lipinski definition) is 36. The molecule has 0 radical (unpaired) electrons. The van der Waals surface area contributed by atoms with Gasteiger partial charge in [-0.15, -0.1) is 0 Å². The first-order valence-electron chi connectivity index (χ1n) is 33.8. The molecular weight excluding hydrogens is 1730 g/mol. The zero-order chi connectivity index (χ0) is 89.9. The molecule has 2 heterocycles. The fourth-order valence-electron chi connectivity index (χ4n) is 7.60. The van der Waals surface area contributed by atoms with E-state index in [1.165, 1.54) is 76.2 Å². The van der Waals surface area contributed by atoms with E-state index < -0.39 is 158 Å². The van der Waals surface area contributed by atoms with Crippen LogP contribution in [0, 0.1) is 47.3 Å². The number of amides is 5. The average Bonchev–Trinajstić information content (AvgIpc) is 0.786. The van der Waals surface area contributed by atoms with Crippen molar-refractivity contribution in [1.29, 1.82) is 0 Å². The molecule has 2 fully saturated rings. The monoisotopic (exact) mass is 1830 g/mol. The molecule has 45 nitrogen and oxygen atoms in total. The number of carbonyl (C=O) groups is 10. The van der Waals surface area contributed by atoms with Gasteiger partial charge in [-0.25, -0.2) is 9.13 Å². The topological polar surface area (TPSA) is 694 Å². The Bertz CT molecular complexity index is 3550. The summed E-state index contributed by atoms with van der Waals surface area (Å²) in [6.07, 6.45) is -6.96. The first-order valence-corrected chi connectivity index (χ1v) is 42.6. The summed E-state index contributed by atoms with van der Waals surface area (Å²) in [5.41, 5.74) is -4.78. The molecule has 13 N–H and O–H groups in total. The number of aliphatic carboxylic acids is 2. The number of nitrogens with zero attached hydrogens (tertiary/aromatic N) is 2. The number of phosphoric acid groups is 2. The van der Waals surface area contributed by atoms with Crippen LogP contribution in [0.4, 0.5) is 11.4 Å². The van der Waals surface area contributed by atoms with Gasteiger partial charge in [-0.05, 0) is 78.8 Å². The van der Waals surface area contributed by atoms with Gasteiger partial charge in [0, 0.05) is 109 Å². The van der Waals surface area contributed by atoms with E-state index in [4.69, 9.17) is 69.5 Å². The van der Waals surface area contributed by atoms with Gasteiger partial charge in [0.15, 0.2) is 12.2 Å². The van der Waals surface area contributed by atoms with Crippen LogP contribution >= 0.6 is 54.6 Å². The minimum absolute atomic E-state index is 0. The van der Waals surface area contributed by atoms with E-state index in [0.717, 1.165) is 0 Å². The summed E-state index contributed by atoms with van der Waals surface area (Å²) in [5.74, 6) is -6.94. The number of nitro benzene ring substituents is 2. The largest absolute Gasteiger partial charge is 2.00 e. The number of aliphatic hydroxyl groups excluding tert-OH is 6. The van der Waals surface area contributed by atoms with Crippen LogP contribution in [0.2, 0.25) is 0 Å². The number of phosphoric ester groups is 2. The standard InChI is InChI=1S/2C17H23N2O9P.C11H21NO5.2C9H17NO5.Ca.Cl3OP.H2O4S/c2*1-4-25-14(20)9-10-18-16(21)15-17(2,3)11-26-29(24,28-15)27-13-7-5-12(6-8-13)19(22)23;1-4-17-8(14)5-6-12-10(16)9(15)11(2,3)7-13;2*1-9(2,5-11)7(14)8(15)10-4-3-6(12)13;;2*1-5(2,3)4/h2*5-8,15H,4,9-11H2,1-3H3,(H,18,21);9,13,15H,4-7H2,1-3H3,(H,12,16);2*7,11,14H,3-5H2,1-2H3,(H,10,15)(H,12,13);;;(H2,1,2,3,4)/q;;;;;+2;;/p-2/t2*15-,29?;9-;2*7-;;;/m00000.../s1. The predicted octanol–water partition coefficient (Wildman–Crippen LogP) is 1.64. The predicted molar refractivity (Wildman–Crippen MR) is 406 cm³/mol. The summed E-state index contributed by atoms with van der Waals surface area (Å²) in [5, 5.41) is 106. The van der Waals surface area contributed by atoms with Crippen molar-refractivity contribution < 1.29 is 171 Å². The third-order valence-corrected chi connectivity index (χ3v) is 17.0. The maximum Gasteiger partial charge on any atom is 2.00 e. The fraction of sp³-hybridized carbons (Fsp3) is 0.651. The zero-order valence-corrected chi connectivity index (χ0v) is 73.5. The summed E-state index contributed by atoms with van der Waals surface area (Å²) >= 11 is 13.8. The van der Waals surface area contributed by atoms with Crippen molar-refractivity contribution >= 4 is 173 Å². The Hall–Kier alpha value is -6.17. The van der Waals surface area contributed by atoms with Gasteiger partial charge in [0.25, 0.3) is 23.2 Å². The number of hydrogen-bond donors (Lipinski definition) is 13. The van der Waals surface area contributed by atoms with Gasteiger partial charge in [0.2, 0.25) is 17.7 Å². The second-order valence-corrected chi connectivity index (χ2v) is 37.6. The molecule has 0 aromatic heterocycles. The smallest absolute Gasteiger partial charge is 0.550 e. The van der Waals surface area contributed by atoms with E-state index >= 15 is 0 Å². The average molecular weight is 1840 g/mol. The van der Waals surface area contributed by atoms with E-state index in [2.05, 4.69) is 65.0 Å². The van der Waals surface area contributed by atoms with Gasteiger partial charge in [-0.2, -0.15) is 8.42 Å². The number of carboxylic acid groups (broad SMARTS) is 2. The van der Waals surface area contributed by atoms with Crippen LogP contribution in [0.5, 0.6) is 11.5 Å². The van der Waals surface area contributed by atoms with E-state index in [1.54, 1.807) is 62.3 Å². The molecule has 0 aliphatic carbocycles. The number of nitrogens with one attached hydrogen (secondary N) is 5. The van der Waals surface area contributed by atoms with Crippen LogP contribution < -0.4 is 45.8 Å². The Labute approximate surface area is 712 Å². The molecule has 2 aliphatic heterocycles. The molecular formula is C63H101CaCl3N7O38P3S. The second-order valence-electron chi connectivity index (χ2n) is 26.9. The second kappa shape index (κ2) is 55.6.